The lowest BCUT2D eigenvalue weighted by atomic mass is 10.1. The standard InChI is InChI=1S/C15H15F3N2O3/c1-3-23-14(22)12-7-19-20(9(12)2)8-10-6-11(15(16,17)18)4-5-13(10)21/h4-7,21H,3,8H2,1-2H3. The molecule has 0 aliphatic carbocycles. The van der Waals surface area contributed by atoms with Crippen LogP contribution in [0.15, 0.2) is 24.4 Å². The van der Waals surface area contributed by atoms with Crippen molar-refractivity contribution >= 4 is 5.97 Å². The van der Waals surface area contributed by atoms with Crippen LogP contribution >= 0.6 is 0 Å². The molecule has 1 aromatic carbocycles. The second kappa shape index (κ2) is 6.31. The fourth-order valence-electron chi connectivity index (χ4n) is 2.06. The molecule has 0 aliphatic heterocycles. The Bertz CT molecular complexity index is 723. The van der Waals surface area contributed by atoms with Crippen LogP contribution in [0.5, 0.6) is 5.75 Å². The highest BCUT2D eigenvalue weighted by Gasteiger charge is 2.31. The zero-order chi connectivity index (χ0) is 17.2. The third kappa shape index (κ3) is 3.64. The highest BCUT2D eigenvalue weighted by molar-refractivity contribution is 5.90. The smallest absolute Gasteiger partial charge is 0.416 e. The number of phenolic OH excluding ortho intramolecular Hbond substituents is 1. The van der Waals surface area contributed by atoms with Crippen LogP contribution in [0.25, 0.3) is 0 Å². The largest absolute Gasteiger partial charge is 0.508 e. The zero-order valence-electron chi connectivity index (χ0n) is 12.5. The summed E-state index contributed by atoms with van der Waals surface area (Å²) in [4.78, 5) is 11.7. The Morgan fingerprint density at radius 1 is 1.39 bits per heavy atom. The highest BCUT2D eigenvalue weighted by Crippen LogP contribution is 2.32. The van der Waals surface area contributed by atoms with E-state index in [1.54, 1.807) is 13.8 Å². The van der Waals surface area contributed by atoms with E-state index in [1.807, 2.05) is 0 Å². The van der Waals surface area contributed by atoms with E-state index in [2.05, 4.69) is 5.10 Å². The molecule has 0 amide bonds. The van der Waals surface area contributed by atoms with Crippen molar-refractivity contribution in [2.45, 2.75) is 26.6 Å². The highest BCUT2D eigenvalue weighted by atomic mass is 19.4. The molecule has 1 heterocycles. The van der Waals surface area contributed by atoms with E-state index in [9.17, 15) is 23.1 Å². The monoisotopic (exact) mass is 328 g/mol. The van der Waals surface area contributed by atoms with Crippen molar-refractivity contribution in [1.82, 2.24) is 9.78 Å². The molecule has 1 N–H and O–H groups in total. The van der Waals surface area contributed by atoms with E-state index in [1.165, 1.54) is 10.9 Å². The van der Waals surface area contributed by atoms with Crippen molar-refractivity contribution in [3.8, 4) is 5.75 Å². The van der Waals surface area contributed by atoms with E-state index in [0.717, 1.165) is 18.2 Å². The van der Waals surface area contributed by atoms with Crippen LogP contribution in [0.4, 0.5) is 13.2 Å². The van der Waals surface area contributed by atoms with Crippen LogP contribution < -0.4 is 0 Å². The predicted octanol–water partition coefficient (Wildman–Crippen LogP) is 3.14. The van der Waals surface area contributed by atoms with Crippen molar-refractivity contribution < 1.29 is 27.8 Å². The maximum Gasteiger partial charge on any atom is 0.416 e. The third-order valence-corrected chi connectivity index (χ3v) is 3.33. The quantitative estimate of drug-likeness (QED) is 0.876. The molecule has 0 unspecified atom stereocenters. The molecule has 8 heteroatoms. The molecule has 124 valence electrons. The number of esters is 1. The van der Waals surface area contributed by atoms with E-state index in [0.29, 0.717) is 5.69 Å². The van der Waals surface area contributed by atoms with Gasteiger partial charge in [0.15, 0.2) is 0 Å². The molecule has 5 nitrogen and oxygen atoms in total. The number of carbonyl (C=O) groups excluding carboxylic acids is 1. The van der Waals surface area contributed by atoms with E-state index >= 15 is 0 Å². The number of carbonyl (C=O) groups is 1. The molecule has 0 saturated heterocycles. The topological polar surface area (TPSA) is 64.3 Å². The van der Waals surface area contributed by atoms with Gasteiger partial charge in [0.25, 0.3) is 0 Å². The first-order chi connectivity index (χ1) is 10.7. The molecule has 0 radical (unpaired) electrons. The van der Waals surface area contributed by atoms with Crippen molar-refractivity contribution in [3.05, 3.63) is 46.8 Å². The number of hydrogen-bond acceptors (Lipinski definition) is 4. The van der Waals surface area contributed by atoms with Crippen LogP contribution in [0.2, 0.25) is 0 Å². The van der Waals surface area contributed by atoms with Crippen LogP contribution in [-0.4, -0.2) is 27.5 Å². The summed E-state index contributed by atoms with van der Waals surface area (Å²) in [6.45, 7) is 3.38. The Hall–Kier alpha value is -2.51. The number of aromatic nitrogens is 2. The molecular formula is C15H15F3N2O3. The van der Waals surface area contributed by atoms with Crippen LogP contribution in [0.3, 0.4) is 0 Å². The summed E-state index contributed by atoms with van der Waals surface area (Å²) in [6, 6.07) is 2.66. The normalized spacial score (nSPS) is 11.5. The number of rotatable bonds is 4. The molecule has 23 heavy (non-hydrogen) atoms. The van der Waals surface area contributed by atoms with Crippen molar-refractivity contribution in [2.75, 3.05) is 6.61 Å². The van der Waals surface area contributed by atoms with Gasteiger partial charge in [-0.2, -0.15) is 18.3 Å². The predicted molar refractivity (Wildman–Crippen MR) is 75.1 cm³/mol. The van der Waals surface area contributed by atoms with Gasteiger partial charge >= 0.3 is 12.1 Å². The van der Waals surface area contributed by atoms with Gasteiger partial charge in [0.2, 0.25) is 0 Å². The zero-order valence-corrected chi connectivity index (χ0v) is 12.5. The van der Waals surface area contributed by atoms with Gasteiger partial charge in [0.1, 0.15) is 11.3 Å². The summed E-state index contributed by atoms with van der Waals surface area (Å²) >= 11 is 0. The fourth-order valence-corrected chi connectivity index (χ4v) is 2.06. The van der Waals surface area contributed by atoms with Gasteiger partial charge in [-0.05, 0) is 32.0 Å². The molecule has 0 atom stereocenters. The van der Waals surface area contributed by atoms with Gasteiger partial charge in [-0.3, -0.25) is 4.68 Å². The first-order valence-electron chi connectivity index (χ1n) is 6.82. The molecule has 0 bridgehead atoms. The number of aromatic hydroxyl groups is 1. The lowest BCUT2D eigenvalue weighted by Crippen LogP contribution is -2.10. The third-order valence-electron chi connectivity index (χ3n) is 3.33. The van der Waals surface area contributed by atoms with Gasteiger partial charge in [0, 0.05) is 5.56 Å². The summed E-state index contributed by atoms with van der Waals surface area (Å²) in [5.74, 6) is -0.824. The van der Waals surface area contributed by atoms with Gasteiger partial charge in [0.05, 0.1) is 30.6 Å². The average Bonchev–Trinajstić information content (AvgIpc) is 2.81. The van der Waals surface area contributed by atoms with E-state index in [4.69, 9.17) is 4.74 Å². The van der Waals surface area contributed by atoms with E-state index in [-0.39, 0.29) is 30.0 Å². The minimum atomic E-state index is -4.50. The number of halogens is 3. The Morgan fingerprint density at radius 3 is 2.70 bits per heavy atom. The fraction of sp³-hybridized carbons (Fsp3) is 0.333. The van der Waals surface area contributed by atoms with Crippen molar-refractivity contribution in [2.24, 2.45) is 0 Å². The summed E-state index contributed by atoms with van der Waals surface area (Å²) < 4.78 is 44.4. The van der Waals surface area contributed by atoms with Crippen LogP contribution in [-0.2, 0) is 17.5 Å². The molecular weight excluding hydrogens is 313 g/mol. The number of nitrogens with zero attached hydrogens (tertiary/aromatic N) is 2. The van der Waals surface area contributed by atoms with Gasteiger partial charge in [-0.25, -0.2) is 4.79 Å². The Kier molecular flexibility index (Phi) is 4.63. The van der Waals surface area contributed by atoms with Crippen LogP contribution in [0, 0.1) is 6.92 Å². The van der Waals surface area contributed by atoms with Gasteiger partial charge in [-0.15, -0.1) is 0 Å². The Labute approximate surface area is 130 Å². The number of ether oxygens (including phenoxy) is 1. The second-order valence-corrected chi connectivity index (χ2v) is 4.86. The summed E-state index contributed by atoms with van der Waals surface area (Å²) in [6.07, 6.45) is -3.21. The molecule has 1 aromatic heterocycles. The molecule has 0 spiro atoms. The first-order valence-corrected chi connectivity index (χ1v) is 6.82. The SMILES string of the molecule is CCOC(=O)c1cnn(Cc2cc(C(F)(F)F)ccc2O)c1C. The van der Waals surface area contributed by atoms with E-state index < -0.39 is 17.7 Å². The number of hydrogen-bond donors (Lipinski definition) is 1. The summed E-state index contributed by atoms with van der Waals surface area (Å²) in [7, 11) is 0. The molecule has 0 saturated carbocycles. The Morgan fingerprint density at radius 2 is 2.09 bits per heavy atom. The number of benzene rings is 1. The summed E-state index contributed by atoms with van der Waals surface area (Å²) in [5, 5.41) is 13.7. The lowest BCUT2D eigenvalue weighted by molar-refractivity contribution is -0.137. The molecule has 2 rings (SSSR count). The Balaban J connectivity index is 2.31. The number of alkyl halides is 3. The van der Waals surface area contributed by atoms with Gasteiger partial charge in [-0.1, -0.05) is 0 Å². The van der Waals surface area contributed by atoms with Crippen molar-refractivity contribution in [1.29, 1.82) is 0 Å². The lowest BCUT2D eigenvalue weighted by Gasteiger charge is -2.11. The minimum absolute atomic E-state index is 0.0569. The van der Waals surface area contributed by atoms with Crippen molar-refractivity contribution in [3.63, 3.8) is 0 Å². The minimum Gasteiger partial charge on any atom is -0.508 e. The molecule has 0 fully saturated rings. The second-order valence-electron chi connectivity index (χ2n) is 4.86. The van der Waals surface area contributed by atoms with Crippen LogP contribution in [0.1, 0.15) is 34.1 Å². The van der Waals surface area contributed by atoms with Gasteiger partial charge < -0.3 is 9.84 Å². The molecule has 2 aromatic rings. The average molecular weight is 328 g/mol. The molecule has 0 aliphatic rings. The number of phenols is 1. The summed E-state index contributed by atoms with van der Waals surface area (Å²) in [5.41, 5.74) is -0.124. The maximum atomic E-state index is 12.7. The maximum absolute atomic E-state index is 12.7. The first kappa shape index (κ1) is 16.9.